The minimum Gasteiger partial charge on any atom is -0.494 e. The van der Waals surface area contributed by atoms with Crippen LogP contribution in [0.1, 0.15) is 45.6 Å². The van der Waals surface area contributed by atoms with Gasteiger partial charge in [-0.1, -0.05) is 47.7 Å². The van der Waals surface area contributed by atoms with Crippen molar-refractivity contribution in [2.75, 3.05) is 12.4 Å². The highest BCUT2D eigenvalue weighted by Crippen LogP contribution is 2.36. The van der Waals surface area contributed by atoms with Crippen LogP contribution in [0.2, 0.25) is 0 Å². The number of aliphatic imine (C=N–C) groups is 1. The van der Waals surface area contributed by atoms with Crippen molar-refractivity contribution in [1.82, 2.24) is 0 Å². The lowest BCUT2D eigenvalue weighted by Gasteiger charge is -2.30. The van der Waals surface area contributed by atoms with Gasteiger partial charge in [0.1, 0.15) is 5.75 Å². The second-order valence-corrected chi connectivity index (χ2v) is 7.28. The molecule has 1 aliphatic heterocycles. The van der Waals surface area contributed by atoms with E-state index in [1.54, 1.807) is 11.8 Å². The minimum atomic E-state index is -0.237. The molecule has 0 saturated heterocycles. The van der Waals surface area contributed by atoms with Gasteiger partial charge in [-0.25, -0.2) is 0 Å². The number of benzene rings is 1. The maximum atomic E-state index is 5.95. The molecule has 0 saturated carbocycles. The molecule has 1 aromatic rings. The zero-order valence-electron chi connectivity index (χ0n) is 14.9. The summed E-state index contributed by atoms with van der Waals surface area (Å²) in [6.45, 7) is 6.99. The Kier molecular flexibility index (Phi) is 6.98. The number of thioether (sulfide) groups is 1. The van der Waals surface area contributed by atoms with Gasteiger partial charge in [-0.05, 0) is 57.7 Å². The van der Waals surface area contributed by atoms with Crippen LogP contribution in [0.3, 0.4) is 0 Å². The van der Waals surface area contributed by atoms with Crippen molar-refractivity contribution in [3.8, 4) is 5.75 Å². The highest BCUT2D eigenvalue weighted by Gasteiger charge is 2.29. The number of ether oxygens (including phenoxy) is 1. The van der Waals surface area contributed by atoms with Crippen molar-refractivity contribution >= 4 is 16.9 Å². The fourth-order valence-corrected chi connectivity index (χ4v) is 3.79. The Labute approximate surface area is 150 Å². The predicted molar refractivity (Wildman–Crippen MR) is 106 cm³/mol. The van der Waals surface area contributed by atoms with Crippen molar-refractivity contribution in [3.05, 3.63) is 53.6 Å². The van der Waals surface area contributed by atoms with Crippen LogP contribution in [0.4, 0.5) is 0 Å². The second-order valence-electron chi connectivity index (χ2n) is 6.17. The van der Waals surface area contributed by atoms with Gasteiger partial charge in [0, 0.05) is 5.75 Å². The first-order valence-corrected chi connectivity index (χ1v) is 9.55. The van der Waals surface area contributed by atoms with Gasteiger partial charge < -0.3 is 10.5 Å². The molecule has 0 spiro atoms. The minimum absolute atomic E-state index is 0.237. The van der Waals surface area contributed by atoms with E-state index in [1.807, 2.05) is 19.1 Å². The number of nitrogens with two attached hydrogens (primary N) is 1. The molecule has 1 aliphatic rings. The molecule has 1 atom stereocenters. The molecule has 0 bridgehead atoms. The molecule has 1 aromatic carbocycles. The number of rotatable bonds is 7. The molecule has 2 rings (SSSR count). The van der Waals surface area contributed by atoms with Gasteiger partial charge in [0.05, 0.1) is 12.1 Å². The van der Waals surface area contributed by atoms with E-state index >= 15 is 0 Å². The lowest BCUT2D eigenvalue weighted by Crippen LogP contribution is -2.28. The van der Waals surface area contributed by atoms with Crippen molar-refractivity contribution in [3.63, 3.8) is 0 Å². The zero-order valence-corrected chi connectivity index (χ0v) is 15.7. The molecule has 1 unspecified atom stereocenters. The number of hydrogen-bond donors (Lipinski definition) is 1. The maximum Gasteiger partial charge on any atom is 0.154 e. The Balaban J connectivity index is 1.95. The van der Waals surface area contributed by atoms with Crippen LogP contribution >= 0.6 is 11.8 Å². The summed E-state index contributed by atoms with van der Waals surface area (Å²) in [7, 11) is 0. The third-order valence-electron chi connectivity index (χ3n) is 4.28. The van der Waals surface area contributed by atoms with Gasteiger partial charge in [-0.3, -0.25) is 4.99 Å². The Morgan fingerprint density at radius 1 is 1.42 bits per heavy atom. The average Bonchev–Trinajstić information content (AvgIpc) is 2.58. The molecular formula is C20H28N2OS. The van der Waals surface area contributed by atoms with E-state index in [-0.39, 0.29) is 5.54 Å². The van der Waals surface area contributed by atoms with Gasteiger partial charge in [-0.2, -0.15) is 0 Å². The SMILES string of the molecule is C/C=C\C(=C/C)CCCOc1cccc(C2(C)CCSC(N)=N2)c1. The van der Waals surface area contributed by atoms with E-state index in [4.69, 9.17) is 10.5 Å². The summed E-state index contributed by atoms with van der Waals surface area (Å²) in [6, 6.07) is 8.28. The number of nitrogens with zero attached hydrogens (tertiary/aromatic N) is 1. The van der Waals surface area contributed by atoms with E-state index in [2.05, 4.69) is 49.2 Å². The summed E-state index contributed by atoms with van der Waals surface area (Å²) in [6.07, 6.45) is 9.43. The summed E-state index contributed by atoms with van der Waals surface area (Å²) in [5.41, 5.74) is 8.21. The molecular weight excluding hydrogens is 316 g/mol. The molecule has 3 nitrogen and oxygen atoms in total. The van der Waals surface area contributed by atoms with Gasteiger partial charge in [0.15, 0.2) is 5.17 Å². The van der Waals surface area contributed by atoms with Crippen LogP contribution < -0.4 is 10.5 Å². The van der Waals surface area contributed by atoms with Crippen LogP contribution in [0.25, 0.3) is 0 Å². The van der Waals surface area contributed by atoms with E-state index < -0.39 is 0 Å². The Hall–Kier alpha value is -1.68. The molecule has 2 N–H and O–H groups in total. The highest BCUT2D eigenvalue weighted by molar-refractivity contribution is 8.13. The molecule has 4 heteroatoms. The Bertz CT molecular complexity index is 636. The topological polar surface area (TPSA) is 47.6 Å². The first-order valence-electron chi connectivity index (χ1n) is 8.57. The fraction of sp³-hybridized carbons (Fsp3) is 0.450. The molecule has 0 radical (unpaired) electrons. The average molecular weight is 345 g/mol. The van der Waals surface area contributed by atoms with Crippen molar-refractivity contribution < 1.29 is 4.74 Å². The van der Waals surface area contributed by atoms with E-state index in [0.29, 0.717) is 5.17 Å². The van der Waals surface area contributed by atoms with Crippen LogP contribution in [-0.4, -0.2) is 17.5 Å². The normalized spacial score (nSPS) is 21.8. The van der Waals surface area contributed by atoms with Crippen LogP contribution in [0, 0.1) is 0 Å². The van der Waals surface area contributed by atoms with E-state index in [0.717, 1.165) is 37.4 Å². The molecule has 24 heavy (non-hydrogen) atoms. The smallest absolute Gasteiger partial charge is 0.154 e. The van der Waals surface area contributed by atoms with Crippen molar-refractivity contribution in [1.29, 1.82) is 0 Å². The largest absolute Gasteiger partial charge is 0.494 e. The summed E-state index contributed by atoms with van der Waals surface area (Å²) >= 11 is 1.63. The third-order valence-corrected chi connectivity index (χ3v) is 5.08. The predicted octanol–water partition coefficient (Wildman–Crippen LogP) is 5.03. The first kappa shape index (κ1) is 18.7. The second kappa shape index (κ2) is 8.97. The lowest BCUT2D eigenvalue weighted by molar-refractivity contribution is 0.310. The fourth-order valence-electron chi connectivity index (χ4n) is 2.82. The van der Waals surface area contributed by atoms with E-state index in [1.165, 1.54) is 11.1 Å². The van der Waals surface area contributed by atoms with Gasteiger partial charge in [-0.15, -0.1) is 0 Å². The van der Waals surface area contributed by atoms with E-state index in [9.17, 15) is 0 Å². The molecule has 130 valence electrons. The van der Waals surface area contributed by atoms with Crippen LogP contribution in [0.15, 0.2) is 53.1 Å². The lowest BCUT2D eigenvalue weighted by atomic mass is 9.90. The Morgan fingerprint density at radius 2 is 2.25 bits per heavy atom. The van der Waals surface area contributed by atoms with Crippen LogP contribution in [0.5, 0.6) is 5.75 Å². The zero-order chi connectivity index (χ0) is 17.4. The standard InChI is InChI=1S/C20H28N2OS/c1-4-8-16(5-2)9-7-13-23-18-11-6-10-17(15-18)20(3)12-14-24-19(21)22-20/h4-6,8,10-11,15H,7,9,12-14H2,1-3H3,(H2,21,22)/b8-4-,16-5+. The summed E-state index contributed by atoms with van der Waals surface area (Å²) in [4.78, 5) is 4.66. The molecule has 0 aromatic heterocycles. The molecule has 0 fully saturated rings. The van der Waals surface area contributed by atoms with Gasteiger partial charge in [0.2, 0.25) is 0 Å². The molecule has 1 heterocycles. The summed E-state index contributed by atoms with van der Waals surface area (Å²) in [5.74, 6) is 1.92. The molecule has 0 aliphatic carbocycles. The monoisotopic (exact) mass is 344 g/mol. The number of amidine groups is 1. The van der Waals surface area contributed by atoms with Crippen LogP contribution in [-0.2, 0) is 5.54 Å². The van der Waals surface area contributed by atoms with Gasteiger partial charge in [0.25, 0.3) is 0 Å². The maximum absolute atomic E-state index is 5.95. The number of hydrogen-bond acceptors (Lipinski definition) is 4. The van der Waals surface area contributed by atoms with Crippen molar-refractivity contribution in [2.24, 2.45) is 10.7 Å². The Morgan fingerprint density at radius 3 is 2.96 bits per heavy atom. The van der Waals surface area contributed by atoms with Crippen molar-refractivity contribution in [2.45, 2.75) is 45.6 Å². The quantitative estimate of drug-likeness (QED) is 0.557. The first-order chi connectivity index (χ1) is 11.6. The summed E-state index contributed by atoms with van der Waals surface area (Å²) < 4.78 is 5.95. The third kappa shape index (κ3) is 5.17. The highest BCUT2D eigenvalue weighted by atomic mass is 32.2. The summed E-state index contributed by atoms with van der Waals surface area (Å²) in [5, 5.41) is 0.679. The molecule has 0 amide bonds. The number of allylic oxidation sites excluding steroid dienone is 4. The van der Waals surface area contributed by atoms with Gasteiger partial charge >= 0.3 is 0 Å².